The maximum Gasteiger partial charge on any atom is 0.181 e. The Labute approximate surface area is 129 Å². The summed E-state index contributed by atoms with van der Waals surface area (Å²) in [6, 6.07) is 4.80. The number of carbonyl (C=O) groups excluding carboxylic acids is 1. The van der Waals surface area contributed by atoms with Gasteiger partial charge in [0, 0.05) is 23.7 Å². The van der Waals surface area contributed by atoms with E-state index in [-0.39, 0.29) is 17.9 Å². The Morgan fingerprint density at radius 3 is 2.90 bits per heavy atom. The van der Waals surface area contributed by atoms with E-state index in [1.165, 1.54) is 0 Å². The molecule has 5 heteroatoms. The van der Waals surface area contributed by atoms with Crippen LogP contribution in [0.15, 0.2) is 18.2 Å². The molecule has 1 aliphatic heterocycles. The summed E-state index contributed by atoms with van der Waals surface area (Å²) in [5, 5.41) is 0.950. The minimum Gasteiger partial charge on any atom is -0.376 e. The van der Waals surface area contributed by atoms with Crippen molar-refractivity contribution in [2.24, 2.45) is 0 Å². The van der Waals surface area contributed by atoms with Crippen molar-refractivity contribution < 1.29 is 9.53 Å². The molecule has 0 N–H and O–H groups in total. The largest absolute Gasteiger partial charge is 0.376 e. The molecule has 1 saturated heterocycles. The van der Waals surface area contributed by atoms with Crippen LogP contribution in [0.3, 0.4) is 0 Å². The van der Waals surface area contributed by atoms with Crippen molar-refractivity contribution in [3.63, 3.8) is 0 Å². The van der Waals surface area contributed by atoms with Crippen LogP contribution in [0.4, 0.5) is 0 Å². The minimum absolute atomic E-state index is 0.0309. The molecule has 1 heterocycles. The zero-order valence-electron chi connectivity index (χ0n) is 11.7. The van der Waals surface area contributed by atoms with Crippen LogP contribution in [0.5, 0.6) is 0 Å². The van der Waals surface area contributed by atoms with Crippen molar-refractivity contribution in [2.75, 3.05) is 19.7 Å². The van der Waals surface area contributed by atoms with Crippen molar-refractivity contribution >= 4 is 29.0 Å². The Morgan fingerprint density at radius 1 is 1.50 bits per heavy atom. The molecule has 1 fully saturated rings. The average Bonchev–Trinajstić information content (AvgIpc) is 2.46. The molecule has 0 aliphatic carbocycles. The fraction of sp³-hybridized carbons (Fsp3) is 0.533. The van der Waals surface area contributed by atoms with E-state index in [1.54, 1.807) is 18.2 Å². The first-order chi connectivity index (χ1) is 9.52. The number of benzene rings is 1. The lowest BCUT2D eigenvalue weighted by Gasteiger charge is -2.36. The number of Topliss-reactive ketones (excluding diaryl/α,β-unsaturated/α-hetero) is 1. The molecule has 110 valence electrons. The van der Waals surface area contributed by atoms with E-state index in [9.17, 15) is 4.79 Å². The highest BCUT2D eigenvalue weighted by Gasteiger charge is 2.28. The summed E-state index contributed by atoms with van der Waals surface area (Å²) in [6.07, 6.45) is 1.17. The Hall–Kier alpha value is -0.610. The number of hydrogen-bond donors (Lipinski definition) is 0. The first-order valence-corrected chi connectivity index (χ1v) is 7.63. The Morgan fingerprint density at radius 2 is 2.25 bits per heavy atom. The molecule has 1 aliphatic rings. The summed E-state index contributed by atoms with van der Waals surface area (Å²) in [4.78, 5) is 14.7. The van der Waals surface area contributed by atoms with Crippen LogP contribution in [-0.4, -0.2) is 42.5 Å². The fourth-order valence-corrected chi connectivity index (χ4v) is 2.92. The van der Waals surface area contributed by atoms with Gasteiger partial charge in [-0.05, 0) is 31.5 Å². The van der Waals surface area contributed by atoms with Gasteiger partial charge < -0.3 is 4.74 Å². The molecule has 0 spiro atoms. The van der Waals surface area contributed by atoms with E-state index in [4.69, 9.17) is 27.9 Å². The van der Waals surface area contributed by atoms with Crippen LogP contribution >= 0.6 is 23.2 Å². The highest BCUT2D eigenvalue weighted by Crippen LogP contribution is 2.24. The normalized spacial score (nSPS) is 21.7. The lowest BCUT2D eigenvalue weighted by Crippen LogP contribution is -2.49. The SMILES string of the molecule is CCC1CN(C(C)C(=O)c2ccc(Cl)cc2Cl)CCO1. The summed E-state index contributed by atoms with van der Waals surface area (Å²) in [5.41, 5.74) is 0.531. The van der Waals surface area contributed by atoms with Crippen LogP contribution in [0.2, 0.25) is 10.0 Å². The van der Waals surface area contributed by atoms with E-state index in [1.807, 2.05) is 6.92 Å². The number of ketones is 1. The van der Waals surface area contributed by atoms with E-state index in [0.29, 0.717) is 22.2 Å². The maximum absolute atomic E-state index is 12.6. The maximum atomic E-state index is 12.6. The zero-order chi connectivity index (χ0) is 14.7. The number of halogens is 2. The predicted molar refractivity (Wildman–Crippen MR) is 81.9 cm³/mol. The number of hydrogen-bond acceptors (Lipinski definition) is 3. The van der Waals surface area contributed by atoms with Gasteiger partial charge in [0.1, 0.15) is 0 Å². The number of morpholine rings is 1. The molecule has 0 saturated carbocycles. The summed E-state index contributed by atoms with van der Waals surface area (Å²) >= 11 is 12.0. The van der Waals surface area contributed by atoms with Gasteiger partial charge in [0.25, 0.3) is 0 Å². The van der Waals surface area contributed by atoms with Crippen molar-refractivity contribution in [2.45, 2.75) is 32.4 Å². The van der Waals surface area contributed by atoms with Crippen LogP contribution in [0.1, 0.15) is 30.6 Å². The quantitative estimate of drug-likeness (QED) is 0.794. The summed E-state index contributed by atoms with van der Waals surface area (Å²) < 4.78 is 5.64. The second kappa shape index (κ2) is 6.90. The topological polar surface area (TPSA) is 29.5 Å². The zero-order valence-corrected chi connectivity index (χ0v) is 13.2. The fourth-order valence-electron chi connectivity index (χ4n) is 2.42. The molecule has 0 aromatic heterocycles. The van der Waals surface area contributed by atoms with Gasteiger partial charge in [-0.3, -0.25) is 9.69 Å². The average molecular weight is 316 g/mol. The highest BCUT2D eigenvalue weighted by atomic mass is 35.5. The first kappa shape index (κ1) is 15.8. The standard InChI is InChI=1S/C15H19Cl2NO2/c1-3-12-9-18(6-7-20-12)10(2)15(19)13-5-4-11(16)8-14(13)17/h4-5,8,10,12H,3,6-7,9H2,1-2H3. The van der Waals surface area contributed by atoms with Crippen LogP contribution in [0.25, 0.3) is 0 Å². The molecular formula is C15H19Cl2NO2. The third kappa shape index (κ3) is 3.53. The van der Waals surface area contributed by atoms with Crippen molar-refractivity contribution in [1.82, 2.24) is 4.90 Å². The molecule has 0 radical (unpaired) electrons. The number of carbonyl (C=O) groups is 1. The monoisotopic (exact) mass is 315 g/mol. The smallest absolute Gasteiger partial charge is 0.181 e. The van der Waals surface area contributed by atoms with E-state index in [2.05, 4.69) is 11.8 Å². The summed E-state index contributed by atoms with van der Waals surface area (Å²) in [5.74, 6) is 0.0309. The summed E-state index contributed by atoms with van der Waals surface area (Å²) in [6.45, 7) is 6.25. The molecule has 2 unspecified atom stereocenters. The molecule has 3 nitrogen and oxygen atoms in total. The second-order valence-electron chi connectivity index (χ2n) is 5.06. The first-order valence-electron chi connectivity index (χ1n) is 6.87. The molecule has 0 amide bonds. The van der Waals surface area contributed by atoms with Gasteiger partial charge in [-0.2, -0.15) is 0 Å². The minimum atomic E-state index is -0.202. The van der Waals surface area contributed by atoms with Crippen LogP contribution in [-0.2, 0) is 4.74 Å². The lowest BCUT2D eigenvalue weighted by atomic mass is 10.0. The van der Waals surface area contributed by atoms with Gasteiger partial charge in [-0.15, -0.1) is 0 Å². The molecule has 2 rings (SSSR count). The van der Waals surface area contributed by atoms with Gasteiger partial charge in [0.2, 0.25) is 0 Å². The van der Waals surface area contributed by atoms with Gasteiger partial charge in [0.05, 0.1) is 23.8 Å². The highest BCUT2D eigenvalue weighted by molar-refractivity contribution is 6.37. The van der Waals surface area contributed by atoms with E-state index < -0.39 is 0 Å². The van der Waals surface area contributed by atoms with E-state index in [0.717, 1.165) is 19.5 Å². The molecule has 20 heavy (non-hydrogen) atoms. The molecular weight excluding hydrogens is 297 g/mol. The van der Waals surface area contributed by atoms with Gasteiger partial charge in [0.15, 0.2) is 5.78 Å². The molecule has 2 atom stereocenters. The van der Waals surface area contributed by atoms with Gasteiger partial charge >= 0.3 is 0 Å². The summed E-state index contributed by atoms with van der Waals surface area (Å²) in [7, 11) is 0. The number of nitrogens with zero attached hydrogens (tertiary/aromatic N) is 1. The van der Waals surface area contributed by atoms with Crippen molar-refractivity contribution in [3.05, 3.63) is 33.8 Å². The van der Waals surface area contributed by atoms with Crippen LogP contribution in [0, 0.1) is 0 Å². The van der Waals surface area contributed by atoms with E-state index >= 15 is 0 Å². The Balaban J connectivity index is 2.11. The molecule has 0 bridgehead atoms. The molecule has 1 aromatic carbocycles. The lowest BCUT2D eigenvalue weighted by molar-refractivity contribution is -0.0382. The third-order valence-electron chi connectivity index (χ3n) is 3.75. The van der Waals surface area contributed by atoms with Crippen molar-refractivity contribution in [3.8, 4) is 0 Å². The Kier molecular flexibility index (Phi) is 5.44. The molecule has 1 aromatic rings. The predicted octanol–water partition coefficient (Wildman–Crippen LogP) is 3.68. The Bertz CT molecular complexity index is 493. The van der Waals surface area contributed by atoms with Gasteiger partial charge in [-0.25, -0.2) is 0 Å². The number of ether oxygens (including phenoxy) is 1. The number of rotatable bonds is 4. The van der Waals surface area contributed by atoms with Crippen molar-refractivity contribution in [1.29, 1.82) is 0 Å². The second-order valence-corrected chi connectivity index (χ2v) is 5.90. The third-order valence-corrected chi connectivity index (χ3v) is 4.30. The van der Waals surface area contributed by atoms with Gasteiger partial charge in [-0.1, -0.05) is 30.1 Å². The van der Waals surface area contributed by atoms with Crippen LogP contribution < -0.4 is 0 Å².